The average Bonchev–Trinajstić information content (AvgIpc) is 3.18. The van der Waals surface area contributed by atoms with E-state index in [4.69, 9.17) is 0 Å². The van der Waals surface area contributed by atoms with Crippen LogP contribution in [0.5, 0.6) is 0 Å². The molecule has 154 valence electrons. The molecule has 0 bridgehead atoms. The van der Waals surface area contributed by atoms with Crippen molar-refractivity contribution in [3.63, 3.8) is 0 Å². The molecule has 0 saturated heterocycles. The summed E-state index contributed by atoms with van der Waals surface area (Å²) in [6.07, 6.45) is 0. The van der Waals surface area contributed by atoms with Crippen LogP contribution in [-0.2, 0) is 11.3 Å². The summed E-state index contributed by atoms with van der Waals surface area (Å²) in [4.78, 5) is 18.2. The maximum atomic E-state index is 12.7. The Morgan fingerprint density at radius 2 is 1.83 bits per heavy atom. The van der Waals surface area contributed by atoms with Crippen molar-refractivity contribution in [2.75, 3.05) is 5.32 Å². The molecule has 2 aromatic heterocycles. The van der Waals surface area contributed by atoms with Crippen LogP contribution in [0.25, 0.3) is 11.4 Å². The predicted molar refractivity (Wildman–Crippen MR) is 121 cm³/mol. The molecule has 0 aliphatic rings. The molecule has 0 saturated carbocycles. The molecule has 1 aromatic carbocycles. The molecule has 0 radical (unpaired) electrons. The molecule has 1 amide bonds. The van der Waals surface area contributed by atoms with E-state index >= 15 is 0 Å². The third-order valence-electron chi connectivity index (χ3n) is 4.48. The smallest absolute Gasteiger partial charge is 0.239 e. The Morgan fingerprint density at radius 3 is 2.41 bits per heavy atom. The number of thioether (sulfide) groups is 1. The second-order valence-corrected chi connectivity index (χ2v) is 10.1. The summed E-state index contributed by atoms with van der Waals surface area (Å²) >= 11 is 2.92. The number of aryl methyl sites for hydroxylation is 3. The lowest BCUT2D eigenvalue weighted by Crippen LogP contribution is -2.23. The van der Waals surface area contributed by atoms with E-state index in [2.05, 4.69) is 70.1 Å². The number of rotatable bonds is 7. The Kier molecular flexibility index (Phi) is 6.74. The summed E-state index contributed by atoms with van der Waals surface area (Å²) in [5.41, 5.74) is 3.18. The Labute approximate surface area is 180 Å². The van der Waals surface area contributed by atoms with Gasteiger partial charge in [-0.2, -0.15) is 0 Å². The van der Waals surface area contributed by atoms with Crippen molar-refractivity contribution in [3.05, 3.63) is 40.4 Å². The summed E-state index contributed by atoms with van der Waals surface area (Å²) in [6.45, 7) is 13.0. The van der Waals surface area contributed by atoms with Gasteiger partial charge in [-0.3, -0.25) is 4.79 Å². The maximum Gasteiger partial charge on any atom is 0.239 e. The van der Waals surface area contributed by atoms with Crippen LogP contribution in [0.4, 0.5) is 5.13 Å². The molecule has 1 N–H and O–H groups in total. The second-order valence-electron chi connectivity index (χ2n) is 7.59. The van der Waals surface area contributed by atoms with Crippen molar-refractivity contribution in [2.24, 2.45) is 5.92 Å². The molecule has 3 aromatic rings. The van der Waals surface area contributed by atoms with Crippen LogP contribution < -0.4 is 5.32 Å². The quantitative estimate of drug-likeness (QED) is 0.529. The third-order valence-corrected chi connectivity index (χ3v) is 6.55. The van der Waals surface area contributed by atoms with E-state index in [1.54, 1.807) is 0 Å². The zero-order valence-electron chi connectivity index (χ0n) is 17.7. The van der Waals surface area contributed by atoms with E-state index in [9.17, 15) is 4.79 Å². The van der Waals surface area contributed by atoms with Crippen molar-refractivity contribution >= 4 is 34.1 Å². The fourth-order valence-electron chi connectivity index (χ4n) is 2.77. The van der Waals surface area contributed by atoms with E-state index in [0.717, 1.165) is 33.7 Å². The molecule has 6 nitrogen and oxygen atoms in total. The first kappa shape index (κ1) is 21.5. The second kappa shape index (κ2) is 9.09. The SMILES string of the molecule is Cc1ccc(-c2nnc(SC(C)C(=O)Nc3nc(C)c(C)s3)n2CC(C)C)cc1. The summed E-state index contributed by atoms with van der Waals surface area (Å²) in [6, 6.07) is 8.27. The molecule has 29 heavy (non-hydrogen) atoms. The standard InChI is InChI=1S/C21H27N5OS2/c1-12(2)11-26-18(17-9-7-13(3)8-10-17)24-25-21(26)29-16(6)19(27)23-20-22-14(4)15(5)28-20/h7-10,12,16H,11H2,1-6H3,(H,22,23,27). The number of anilines is 1. The van der Waals surface area contributed by atoms with E-state index in [1.165, 1.54) is 28.7 Å². The monoisotopic (exact) mass is 429 g/mol. The van der Waals surface area contributed by atoms with Crippen LogP contribution in [0.3, 0.4) is 0 Å². The molecule has 8 heteroatoms. The number of hydrogen-bond acceptors (Lipinski definition) is 6. The topological polar surface area (TPSA) is 72.7 Å². The van der Waals surface area contributed by atoms with Gasteiger partial charge in [0.15, 0.2) is 16.1 Å². The lowest BCUT2D eigenvalue weighted by molar-refractivity contribution is -0.115. The first-order valence-electron chi connectivity index (χ1n) is 9.66. The first-order chi connectivity index (χ1) is 13.7. The van der Waals surface area contributed by atoms with Gasteiger partial charge in [-0.15, -0.1) is 21.5 Å². The fraction of sp³-hybridized carbons (Fsp3) is 0.429. The molecule has 0 fully saturated rings. The normalized spacial score (nSPS) is 12.4. The number of thiazole rings is 1. The van der Waals surface area contributed by atoms with Gasteiger partial charge in [-0.25, -0.2) is 4.98 Å². The Morgan fingerprint density at radius 1 is 1.14 bits per heavy atom. The van der Waals surface area contributed by atoms with Crippen LogP contribution >= 0.6 is 23.1 Å². The molecule has 2 heterocycles. The van der Waals surface area contributed by atoms with Crippen molar-refractivity contribution in [1.29, 1.82) is 0 Å². The van der Waals surface area contributed by atoms with E-state index < -0.39 is 0 Å². The number of hydrogen-bond donors (Lipinski definition) is 1. The lowest BCUT2D eigenvalue weighted by atomic mass is 10.1. The van der Waals surface area contributed by atoms with Gasteiger partial charge in [-0.05, 0) is 33.6 Å². The molecule has 0 aliphatic heterocycles. The maximum absolute atomic E-state index is 12.7. The van der Waals surface area contributed by atoms with Gasteiger partial charge in [0, 0.05) is 17.0 Å². The summed E-state index contributed by atoms with van der Waals surface area (Å²) in [5.74, 6) is 1.18. The molecule has 0 spiro atoms. The number of benzene rings is 1. The van der Waals surface area contributed by atoms with Crippen molar-refractivity contribution in [2.45, 2.75) is 58.5 Å². The lowest BCUT2D eigenvalue weighted by Gasteiger charge is -2.15. The minimum Gasteiger partial charge on any atom is -0.302 e. The summed E-state index contributed by atoms with van der Waals surface area (Å²) in [7, 11) is 0. The Bertz CT molecular complexity index is 972. The average molecular weight is 430 g/mol. The van der Waals surface area contributed by atoms with Gasteiger partial charge in [-0.1, -0.05) is 55.4 Å². The molecule has 3 rings (SSSR count). The van der Waals surface area contributed by atoms with Gasteiger partial charge in [0.25, 0.3) is 0 Å². The van der Waals surface area contributed by atoms with Gasteiger partial charge >= 0.3 is 0 Å². The van der Waals surface area contributed by atoms with Crippen LogP contribution in [0.15, 0.2) is 29.4 Å². The highest BCUT2D eigenvalue weighted by atomic mass is 32.2. The van der Waals surface area contributed by atoms with Gasteiger partial charge in [0.1, 0.15) is 0 Å². The van der Waals surface area contributed by atoms with Gasteiger partial charge < -0.3 is 9.88 Å². The van der Waals surface area contributed by atoms with Crippen LogP contribution in [0, 0.1) is 26.7 Å². The molecule has 1 atom stereocenters. The summed E-state index contributed by atoms with van der Waals surface area (Å²) < 4.78 is 2.11. The summed E-state index contributed by atoms with van der Waals surface area (Å²) in [5, 5.41) is 12.8. The van der Waals surface area contributed by atoms with Crippen LogP contribution in [0.1, 0.15) is 36.9 Å². The first-order valence-corrected chi connectivity index (χ1v) is 11.4. The largest absolute Gasteiger partial charge is 0.302 e. The van der Waals surface area contributed by atoms with E-state index in [1.807, 2.05) is 20.8 Å². The number of carbonyl (C=O) groups excluding carboxylic acids is 1. The predicted octanol–water partition coefficient (Wildman–Crippen LogP) is 5.10. The molecular formula is C21H27N5OS2. The number of carbonyl (C=O) groups is 1. The van der Waals surface area contributed by atoms with Gasteiger partial charge in [0.05, 0.1) is 10.9 Å². The highest BCUT2D eigenvalue weighted by Gasteiger charge is 2.22. The Balaban J connectivity index is 1.80. The fourth-order valence-corrected chi connectivity index (χ4v) is 4.44. The van der Waals surface area contributed by atoms with Crippen LogP contribution in [-0.4, -0.2) is 30.9 Å². The van der Waals surface area contributed by atoms with Crippen molar-refractivity contribution in [3.8, 4) is 11.4 Å². The number of nitrogens with one attached hydrogen (secondary N) is 1. The highest BCUT2D eigenvalue weighted by Crippen LogP contribution is 2.29. The van der Waals surface area contributed by atoms with Crippen molar-refractivity contribution < 1.29 is 4.79 Å². The van der Waals surface area contributed by atoms with Crippen molar-refractivity contribution in [1.82, 2.24) is 19.7 Å². The Hall–Kier alpha value is -2.19. The van der Waals surface area contributed by atoms with E-state index in [-0.39, 0.29) is 11.2 Å². The van der Waals surface area contributed by atoms with E-state index in [0.29, 0.717) is 11.0 Å². The minimum atomic E-state index is -0.319. The third kappa shape index (κ3) is 5.25. The highest BCUT2D eigenvalue weighted by molar-refractivity contribution is 8.00. The number of nitrogens with zero attached hydrogens (tertiary/aromatic N) is 4. The number of amides is 1. The zero-order chi connectivity index (χ0) is 21.1. The minimum absolute atomic E-state index is 0.0836. The zero-order valence-corrected chi connectivity index (χ0v) is 19.3. The van der Waals surface area contributed by atoms with Crippen LogP contribution in [0.2, 0.25) is 0 Å². The number of aromatic nitrogens is 4. The van der Waals surface area contributed by atoms with Gasteiger partial charge in [0.2, 0.25) is 5.91 Å². The molecular weight excluding hydrogens is 402 g/mol. The molecule has 1 unspecified atom stereocenters. The molecule has 0 aliphatic carbocycles.